The van der Waals surface area contributed by atoms with Crippen LogP contribution in [0.3, 0.4) is 0 Å². The molecule has 2 aromatic carbocycles. The third kappa shape index (κ3) is 8.06. The van der Waals surface area contributed by atoms with Gasteiger partial charge in [-0.3, -0.25) is 13.9 Å². The minimum atomic E-state index is -3.57. The summed E-state index contributed by atoms with van der Waals surface area (Å²) >= 11 is 0. The van der Waals surface area contributed by atoms with Crippen molar-refractivity contribution in [2.45, 2.75) is 59.5 Å². The fourth-order valence-electron chi connectivity index (χ4n) is 3.67. The SMILES string of the molecule is CCCNC(=O)C(C)N(Cc1ccccc1F)C(=O)CCCN(c1ccc(C)c(C)c1)S(C)(=O)=O. The van der Waals surface area contributed by atoms with E-state index in [4.69, 9.17) is 0 Å². The van der Waals surface area contributed by atoms with Crippen LogP contribution >= 0.6 is 0 Å². The molecule has 0 aromatic heterocycles. The molecule has 2 rings (SSSR count). The van der Waals surface area contributed by atoms with Gasteiger partial charge in [-0.25, -0.2) is 12.8 Å². The van der Waals surface area contributed by atoms with Gasteiger partial charge < -0.3 is 10.2 Å². The second-order valence-electron chi connectivity index (χ2n) is 8.79. The Hall–Kier alpha value is -2.94. The molecule has 7 nitrogen and oxygen atoms in total. The number of hydrogen-bond donors (Lipinski definition) is 1. The van der Waals surface area contributed by atoms with E-state index in [0.717, 1.165) is 23.8 Å². The van der Waals surface area contributed by atoms with Crippen molar-refractivity contribution in [3.05, 3.63) is 65.0 Å². The smallest absolute Gasteiger partial charge is 0.242 e. The number of sulfonamides is 1. The summed E-state index contributed by atoms with van der Waals surface area (Å²) < 4.78 is 40.5. The van der Waals surface area contributed by atoms with Gasteiger partial charge in [0.05, 0.1) is 11.9 Å². The van der Waals surface area contributed by atoms with Crippen molar-refractivity contribution in [1.82, 2.24) is 10.2 Å². The van der Waals surface area contributed by atoms with Crippen molar-refractivity contribution in [1.29, 1.82) is 0 Å². The van der Waals surface area contributed by atoms with Crippen LogP contribution in [-0.2, 0) is 26.2 Å². The van der Waals surface area contributed by atoms with Crippen molar-refractivity contribution >= 4 is 27.5 Å². The van der Waals surface area contributed by atoms with E-state index in [1.165, 1.54) is 15.3 Å². The summed E-state index contributed by atoms with van der Waals surface area (Å²) in [5.74, 6) is -1.12. The molecule has 0 heterocycles. The maximum atomic E-state index is 14.3. The molecule has 0 fully saturated rings. The average molecular weight is 506 g/mol. The number of nitrogens with zero attached hydrogens (tertiary/aromatic N) is 2. The van der Waals surface area contributed by atoms with E-state index in [0.29, 0.717) is 17.8 Å². The van der Waals surface area contributed by atoms with Crippen LogP contribution in [0.5, 0.6) is 0 Å². The molecule has 0 aliphatic carbocycles. The monoisotopic (exact) mass is 505 g/mol. The van der Waals surface area contributed by atoms with Gasteiger partial charge in [-0.2, -0.15) is 0 Å². The first kappa shape index (κ1) is 28.3. The Morgan fingerprint density at radius 3 is 2.37 bits per heavy atom. The number of carbonyl (C=O) groups excluding carboxylic acids is 2. The number of rotatable bonds is 12. The Balaban J connectivity index is 2.18. The molecule has 35 heavy (non-hydrogen) atoms. The van der Waals surface area contributed by atoms with Crippen molar-refractivity contribution in [3.63, 3.8) is 0 Å². The molecule has 1 unspecified atom stereocenters. The van der Waals surface area contributed by atoms with E-state index >= 15 is 0 Å². The van der Waals surface area contributed by atoms with Gasteiger partial charge in [0.25, 0.3) is 0 Å². The minimum absolute atomic E-state index is 0.0106. The molecular weight excluding hydrogens is 469 g/mol. The van der Waals surface area contributed by atoms with Crippen LogP contribution < -0.4 is 9.62 Å². The number of halogens is 1. The first-order valence-electron chi connectivity index (χ1n) is 11.8. The minimum Gasteiger partial charge on any atom is -0.354 e. The predicted octanol–water partition coefficient (Wildman–Crippen LogP) is 3.93. The average Bonchev–Trinajstić information content (AvgIpc) is 2.80. The molecule has 9 heteroatoms. The van der Waals surface area contributed by atoms with Crippen LogP contribution in [0.15, 0.2) is 42.5 Å². The number of benzene rings is 2. The topological polar surface area (TPSA) is 86.8 Å². The predicted molar refractivity (Wildman–Crippen MR) is 137 cm³/mol. The molecule has 2 amide bonds. The summed E-state index contributed by atoms with van der Waals surface area (Å²) in [6, 6.07) is 10.7. The normalized spacial score (nSPS) is 12.2. The number of nitrogens with one attached hydrogen (secondary N) is 1. The number of amides is 2. The fraction of sp³-hybridized carbons (Fsp3) is 0.462. The van der Waals surface area contributed by atoms with Gasteiger partial charge in [-0.15, -0.1) is 0 Å². The zero-order chi connectivity index (χ0) is 26.2. The van der Waals surface area contributed by atoms with Gasteiger partial charge in [-0.1, -0.05) is 31.2 Å². The summed E-state index contributed by atoms with van der Waals surface area (Å²) in [5, 5.41) is 2.78. The molecule has 1 atom stereocenters. The van der Waals surface area contributed by atoms with E-state index in [9.17, 15) is 22.4 Å². The summed E-state index contributed by atoms with van der Waals surface area (Å²) in [7, 11) is -3.57. The standard InChI is InChI=1S/C26H36FN3O4S/c1-6-15-28-26(32)21(4)29(18-22-10-7-8-11-24(22)27)25(31)12-9-16-30(35(5,33)34)23-14-13-19(2)20(3)17-23/h7-8,10-11,13-14,17,21H,6,9,12,15-16,18H2,1-5H3,(H,28,32). The van der Waals surface area contributed by atoms with E-state index in [-0.39, 0.29) is 37.7 Å². The molecule has 192 valence electrons. The van der Waals surface area contributed by atoms with Crippen molar-refractivity contribution in [2.24, 2.45) is 0 Å². The molecule has 0 aliphatic heterocycles. The Morgan fingerprint density at radius 1 is 1.09 bits per heavy atom. The molecule has 0 radical (unpaired) electrons. The Bertz CT molecular complexity index is 1140. The molecule has 0 aliphatic rings. The fourth-order valence-corrected chi connectivity index (χ4v) is 4.63. The zero-order valence-electron chi connectivity index (χ0n) is 21.2. The summed E-state index contributed by atoms with van der Waals surface area (Å²) in [6.45, 7) is 7.93. The van der Waals surface area contributed by atoms with Crippen LogP contribution in [0, 0.1) is 19.7 Å². The quantitative estimate of drug-likeness (QED) is 0.474. The maximum Gasteiger partial charge on any atom is 0.242 e. The molecule has 0 spiro atoms. The van der Waals surface area contributed by atoms with Crippen LogP contribution in [0.25, 0.3) is 0 Å². The second kappa shape index (κ2) is 12.7. The van der Waals surface area contributed by atoms with Gasteiger partial charge in [0.1, 0.15) is 11.9 Å². The van der Waals surface area contributed by atoms with Crippen molar-refractivity contribution in [2.75, 3.05) is 23.7 Å². The van der Waals surface area contributed by atoms with Gasteiger partial charge in [0, 0.05) is 31.6 Å². The Labute approximate surface area is 208 Å². The number of carbonyl (C=O) groups is 2. The third-order valence-electron chi connectivity index (χ3n) is 5.95. The zero-order valence-corrected chi connectivity index (χ0v) is 22.0. The molecule has 1 N–H and O–H groups in total. The highest BCUT2D eigenvalue weighted by atomic mass is 32.2. The van der Waals surface area contributed by atoms with Crippen LogP contribution in [-0.4, -0.2) is 50.5 Å². The first-order valence-corrected chi connectivity index (χ1v) is 13.7. The lowest BCUT2D eigenvalue weighted by molar-refractivity contribution is -0.140. The van der Waals surface area contributed by atoms with E-state index in [2.05, 4.69) is 5.32 Å². The summed E-state index contributed by atoms with van der Waals surface area (Å²) in [6.07, 6.45) is 2.14. The number of anilines is 1. The summed E-state index contributed by atoms with van der Waals surface area (Å²) in [4.78, 5) is 27.1. The van der Waals surface area contributed by atoms with Crippen molar-refractivity contribution < 1.29 is 22.4 Å². The van der Waals surface area contributed by atoms with Gasteiger partial charge in [0.15, 0.2) is 0 Å². The summed E-state index contributed by atoms with van der Waals surface area (Å²) in [5.41, 5.74) is 2.87. The van der Waals surface area contributed by atoms with Crippen molar-refractivity contribution in [3.8, 4) is 0 Å². The van der Waals surface area contributed by atoms with E-state index < -0.39 is 21.9 Å². The van der Waals surface area contributed by atoms with Gasteiger partial charge in [0.2, 0.25) is 21.8 Å². The van der Waals surface area contributed by atoms with Gasteiger partial charge in [-0.05, 0) is 62.9 Å². The third-order valence-corrected chi connectivity index (χ3v) is 7.14. The molecule has 0 bridgehead atoms. The Morgan fingerprint density at radius 2 is 1.77 bits per heavy atom. The highest BCUT2D eigenvalue weighted by Crippen LogP contribution is 2.22. The van der Waals surface area contributed by atoms with Crippen LogP contribution in [0.1, 0.15) is 49.8 Å². The van der Waals surface area contributed by atoms with Crippen LogP contribution in [0.2, 0.25) is 0 Å². The first-order chi connectivity index (χ1) is 16.5. The lowest BCUT2D eigenvalue weighted by Gasteiger charge is -2.29. The van der Waals surface area contributed by atoms with E-state index in [1.807, 2.05) is 32.9 Å². The molecular formula is C26H36FN3O4S. The lowest BCUT2D eigenvalue weighted by atomic mass is 10.1. The second-order valence-corrected chi connectivity index (χ2v) is 10.7. The molecule has 2 aromatic rings. The molecule has 0 saturated carbocycles. The van der Waals surface area contributed by atoms with Gasteiger partial charge >= 0.3 is 0 Å². The highest BCUT2D eigenvalue weighted by molar-refractivity contribution is 7.92. The molecule has 0 saturated heterocycles. The largest absolute Gasteiger partial charge is 0.354 e. The maximum absolute atomic E-state index is 14.3. The van der Waals surface area contributed by atoms with E-state index in [1.54, 1.807) is 31.2 Å². The number of hydrogen-bond acceptors (Lipinski definition) is 4. The highest BCUT2D eigenvalue weighted by Gasteiger charge is 2.27. The Kier molecular flexibility index (Phi) is 10.2. The van der Waals surface area contributed by atoms with Crippen LogP contribution in [0.4, 0.5) is 10.1 Å². The lowest BCUT2D eigenvalue weighted by Crippen LogP contribution is -2.48. The number of aryl methyl sites for hydroxylation is 2.